The van der Waals surface area contributed by atoms with Crippen molar-refractivity contribution >= 4 is 0 Å². The Morgan fingerprint density at radius 1 is 1.56 bits per heavy atom. The average molecular weight is 222 g/mol. The fourth-order valence-corrected chi connectivity index (χ4v) is 2.04. The summed E-state index contributed by atoms with van der Waals surface area (Å²) >= 11 is 0. The second kappa shape index (κ2) is 4.93. The van der Waals surface area contributed by atoms with Gasteiger partial charge in [0.1, 0.15) is 5.82 Å². The van der Waals surface area contributed by atoms with Gasteiger partial charge in [-0.05, 0) is 42.5 Å². The third kappa shape index (κ3) is 2.80. The van der Waals surface area contributed by atoms with E-state index in [0.717, 1.165) is 23.9 Å². The normalized spacial score (nSPS) is 25.4. The van der Waals surface area contributed by atoms with Gasteiger partial charge in [0, 0.05) is 12.6 Å². The minimum absolute atomic E-state index is 0.0727. The van der Waals surface area contributed by atoms with Crippen LogP contribution in [-0.2, 0) is 0 Å². The van der Waals surface area contributed by atoms with Crippen LogP contribution in [0, 0.1) is 17.7 Å². The van der Waals surface area contributed by atoms with Gasteiger partial charge in [-0.2, -0.15) is 0 Å². The Balaban J connectivity index is 1.93. The van der Waals surface area contributed by atoms with Crippen molar-refractivity contribution in [1.29, 1.82) is 0 Å². The summed E-state index contributed by atoms with van der Waals surface area (Å²) in [4.78, 5) is 0. The standard InChI is InChI=1S/C13H19FN2/c1-9-5-11(9)8-16-13(7-15)10-3-2-4-12(14)6-10/h2-4,6,9,11,13,16H,5,7-8,15H2,1H3. The van der Waals surface area contributed by atoms with Crippen LogP contribution in [0.5, 0.6) is 0 Å². The maximum atomic E-state index is 13.1. The minimum atomic E-state index is -0.197. The second-order valence-corrected chi connectivity index (χ2v) is 4.72. The topological polar surface area (TPSA) is 38.0 Å². The van der Waals surface area contributed by atoms with E-state index in [1.165, 1.54) is 12.5 Å². The van der Waals surface area contributed by atoms with Crippen LogP contribution >= 0.6 is 0 Å². The molecule has 0 spiro atoms. The molecule has 1 fully saturated rings. The van der Waals surface area contributed by atoms with Crippen molar-refractivity contribution in [2.75, 3.05) is 13.1 Å². The number of hydrogen-bond donors (Lipinski definition) is 2. The molecule has 0 aromatic heterocycles. The van der Waals surface area contributed by atoms with Crippen LogP contribution in [0.15, 0.2) is 24.3 Å². The number of nitrogens with one attached hydrogen (secondary N) is 1. The molecule has 2 rings (SSSR count). The van der Waals surface area contributed by atoms with Crippen molar-refractivity contribution in [1.82, 2.24) is 5.32 Å². The lowest BCUT2D eigenvalue weighted by Crippen LogP contribution is -2.30. The maximum Gasteiger partial charge on any atom is 0.123 e. The van der Waals surface area contributed by atoms with Crippen LogP contribution < -0.4 is 11.1 Å². The molecule has 2 nitrogen and oxygen atoms in total. The Labute approximate surface area is 96.0 Å². The second-order valence-electron chi connectivity index (χ2n) is 4.72. The van der Waals surface area contributed by atoms with Gasteiger partial charge >= 0.3 is 0 Å². The summed E-state index contributed by atoms with van der Waals surface area (Å²) in [6, 6.07) is 6.74. The van der Waals surface area contributed by atoms with Crippen LogP contribution in [0.3, 0.4) is 0 Å². The van der Waals surface area contributed by atoms with Gasteiger partial charge in [-0.15, -0.1) is 0 Å². The smallest absolute Gasteiger partial charge is 0.123 e. The lowest BCUT2D eigenvalue weighted by molar-refractivity contribution is 0.508. The minimum Gasteiger partial charge on any atom is -0.329 e. The van der Waals surface area contributed by atoms with Crippen molar-refractivity contribution in [3.8, 4) is 0 Å². The quantitative estimate of drug-likeness (QED) is 0.800. The van der Waals surface area contributed by atoms with E-state index in [1.807, 2.05) is 6.07 Å². The molecule has 16 heavy (non-hydrogen) atoms. The zero-order chi connectivity index (χ0) is 11.5. The molecular formula is C13H19FN2. The van der Waals surface area contributed by atoms with Gasteiger partial charge < -0.3 is 11.1 Å². The summed E-state index contributed by atoms with van der Waals surface area (Å²) in [5.41, 5.74) is 6.65. The predicted octanol–water partition coefficient (Wildman–Crippen LogP) is 2.07. The Hall–Kier alpha value is -0.930. The molecule has 0 radical (unpaired) electrons. The highest BCUT2D eigenvalue weighted by molar-refractivity contribution is 5.20. The van der Waals surface area contributed by atoms with E-state index >= 15 is 0 Å². The summed E-state index contributed by atoms with van der Waals surface area (Å²) in [6.07, 6.45) is 1.30. The fourth-order valence-electron chi connectivity index (χ4n) is 2.04. The molecule has 0 bridgehead atoms. The van der Waals surface area contributed by atoms with Crippen LogP contribution in [0.2, 0.25) is 0 Å². The molecule has 1 aliphatic rings. The van der Waals surface area contributed by atoms with Crippen molar-refractivity contribution in [3.05, 3.63) is 35.6 Å². The van der Waals surface area contributed by atoms with Gasteiger partial charge in [-0.3, -0.25) is 0 Å². The van der Waals surface area contributed by atoms with Gasteiger partial charge in [-0.1, -0.05) is 19.1 Å². The first-order chi connectivity index (χ1) is 7.70. The summed E-state index contributed by atoms with van der Waals surface area (Å²) < 4.78 is 13.1. The molecule has 0 heterocycles. The van der Waals surface area contributed by atoms with Gasteiger partial charge in [-0.25, -0.2) is 4.39 Å². The highest BCUT2D eigenvalue weighted by Crippen LogP contribution is 2.37. The first-order valence-corrected chi connectivity index (χ1v) is 5.89. The number of hydrogen-bond acceptors (Lipinski definition) is 2. The highest BCUT2D eigenvalue weighted by atomic mass is 19.1. The Bertz CT molecular complexity index is 354. The van der Waals surface area contributed by atoms with E-state index in [9.17, 15) is 4.39 Å². The van der Waals surface area contributed by atoms with Gasteiger partial charge in [0.05, 0.1) is 0 Å². The van der Waals surface area contributed by atoms with E-state index in [2.05, 4.69) is 12.2 Å². The third-order valence-corrected chi connectivity index (χ3v) is 3.39. The molecule has 1 aromatic carbocycles. The molecule has 3 atom stereocenters. The first-order valence-electron chi connectivity index (χ1n) is 5.89. The summed E-state index contributed by atoms with van der Waals surface area (Å²) in [7, 11) is 0. The molecule has 3 unspecified atom stereocenters. The predicted molar refractivity (Wildman–Crippen MR) is 63.5 cm³/mol. The molecule has 1 saturated carbocycles. The molecule has 0 saturated heterocycles. The van der Waals surface area contributed by atoms with Gasteiger partial charge in [0.15, 0.2) is 0 Å². The third-order valence-electron chi connectivity index (χ3n) is 3.39. The summed E-state index contributed by atoms with van der Waals surface area (Å²) in [5.74, 6) is 1.42. The fraction of sp³-hybridized carbons (Fsp3) is 0.538. The average Bonchev–Trinajstić information content (AvgIpc) is 2.96. The van der Waals surface area contributed by atoms with Gasteiger partial charge in [0.25, 0.3) is 0 Å². The van der Waals surface area contributed by atoms with Crippen molar-refractivity contribution in [2.45, 2.75) is 19.4 Å². The lowest BCUT2D eigenvalue weighted by Gasteiger charge is -2.17. The zero-order valence-corrected chi connectivity index (χ0v) is 9.62. The largest absolute Gasteiger partial charge is 0.329 e. The summed E-state index contributed by atoms with van der Waals surface area (Å²) in [5, 5.41) is 3.41. The van der Waals surface area contributed by atoms with Gasteiger partial charge in [0.2, 0.25) is 0 Å². The molecule has 1 aromatic rings. The maximum absolute atomic E-state index is 13.1. The van der Waals surface area contributed by atoms with E-state index < -0.39 is 0 Å². The molecule has 1 aliphatic carbocycles. The molecular weight excluding hydrogens is 203 g/mol. The Morgan fingerprint density at radius 3 is 2.88 bits per heavy atom. The Morgan fingerprint density at radius 2 is 2.31 bits per heavy atom. The lowest BCUT2D eigenvalue weighted by atomic mass is 10.1. The monoisotopic (exact) mass is 222 g/mol. The number of halogens is 1. The highest BCUT2D eigenvalue weighted by Gasteiger charge is 2.32. The van der Waals surface area contributed by atoms with E-state index in [-0.39, 0.29) is 11.9 Å². The number of benzene rings is 1. The van der Waals surface area contributed by atoms with Crippen LogP contribution in [0.1, 0.15) is 24.9 Å². The Kier molecular flexibility index (Phi) is 3.56. The number of rotatable bonds is 5. The first kappa shape index (κ1) is 11.6. The van der Waals surface area contributed by atoms with E-state index in [4.69, 9.17) is 5.73 Å². The van der Waals surface area contributed by atoms with Crippen LogP contribution in [-0.4, -0.2) is 13.1 Å². The van der Waals surface area contributed by atoms with Crippen molar-refractivity contribution in [2.24, 2.45) is 17.6 Å². The van der Waals surface area contributed by atoms with E-state index in [1.54, 1.807) is 12.1 Å². The molecule has 0 amide bonds. The molecule has 0 aliphatic heterocycles. The van der Waals surface area contributed by atoms with Crippen molar-refractivity contribution in [3.63, 3.8) is 0 Å². The van der Waals surface area contributed by atoms with Crippen LogP contribution in [0.4, 0.5) is 4.39 Å². The number of nitrogens with two attached hydrogens (primary N) is 1. The summed E-state index contributed by atoms with van der Waals surface area (Å²) in [6.45, 7) is 3.75. The van der Waals surface area contributed by atoms with E-state index in [0.29, 0.717) is 6.54 Å². The molecule has 3 N–H and O–H groups in total. The zero-order valence-electron chi connectivity index (χ0n) is 9.62. The molecule has 88 valence electrons. The van der Waals surface area contributed by atoms with Crippen molar-refractivity contribution < 1.29 is 4.39 Å². The molecule has 3 heteroatoms. The SMILES string of the molecule is CC1CC1CNC(CN)c1cccc(F)c1. The van der Waals surface area contributed by atoms with Crippen LogP contribution in [0.25, 0.3) is 0 Å².